The number of carbonyl (C=O) groups is 1. The van der Waals surface area contributed by atoms with Crippen molar-refractivity contribution < 1.29 is 15.4 Å². The molecular formula is C10H11NO3. The fourth-order valence-electron chi connectivity index (χ4n) is 1.37. The standard InChI is InChI=1S/C10H9NO2.H2O/c12-10(13)8-5-7-3-1-2-4-9(7)11-6-8;/h1-4,6,11H,5H2,(H,12,13);1H2. The van der Waals surface area contributed by atoms with Gasteiger partial charge in [-0.25, -0.2) is 4.79 Å². The molecule has 4 N–H and O–H groups in total. The molecule has 0 spiro atoms. The van der Waals surface area contributed by atoms with Crippen molar-refractivity contribution in [3.63, 3.8) is 0 Å². The van der Waals surface area contributed by atoms with Gasteiger partial charge in [-0.05, 0) is 11.6 Å². The maximum absolute atomic E-state index is 10.7. The number of carboxylic acids is 1. The van der Waals surface area contributed by atoms with E-state index in [1.165, 1.54) is 0 Å². The Kier molecular flexibility index (Phi) is 2.89. The van der Waals surface area contributed by atoms with Gasteiger partial charge in [0.05, 0.1) is 5.57 Å². The van der Waals surface area contributed by atoms with Crippen LogP contribution < -0.4 is 5.32 Å². The Morgan fingerprint density at radius 2 is 2.07 bits per heavy atom. The van der Waals surface area contributed by atoms with Crippen molar-refractivity contribution in [3.05, 3.63) is 41.6 Å². The Bertz CT molecular complexity index is 385. The van der Waals surface area contributed by atoms with E-state index in [-0.39, 0.29) is 5.48 Å². The van der Waals surface area contributed by atoms with Crippen molar-refractivity contribution in [3.8, 4) is 0 Å². The molecule has 74 valence electrons. The van der Waals surface area contributed by atoms with E-state index in [0.717, 1.165) is 11.3 Å². The van der Waals surface area contributed by atoms with Gasteiger partial charge < -0.3 is 15.9 Å². The number of fused-ring (bicyclic) bond motifs is 1. The summed E-state index contributed by atoms with van der Waals surface area (Å²) >= 11 is 0. The molecule has 0 unspecified atom stereocenters. The van der Waals surface area contributed by atoms with Crippen LogP contribution in [0.2, 0.25) is 0 Å². The van der Waals surface area contributed by atoms with Gasteiger partial charge in [-0.2, -0.15) is 0 Å². The van der Waals surface area contributed by atoms with Crippen molar-refractivity contribution in [1.82, 2.24) is 0 Å². The molecule has 0 bridgehead atoms. The minimum Gasteiger partial charge on any atom is -0.478 e. The van der Waals surface area contributed by atoms with Crippen molar-refractivity contribution in [2.45, 2.75) is 6.42 Å². The highest BCUT2D eigenvalue weighted by atomic mass is 16.4. The van der Waals surface area contributed by atoms with Crippen molar-refractivity contribution >= 4 is 11.7 Å². The van der Waals surface area contributed by atoms with Gasteiger partial charge in [0, 0.05) is 18.3 Å². The van der Waals surface area contributed by atoms with Gasteiger partial charge >= 0.3 is 5.97 Å². The third kappa shape index (κ3) is 1.75. The highest BCUT2D eigenvalue weighted by Crippen LogP contribution is 2.22. The molecule has 2 rings (SSSR count). The number of aliphatic carboxylic acids is 1. The Hall–Kier alpha value is -1.81. The predicted octanol–water partition coefficient (Wildman–Crippen LogP) is 0.798. The fourth-order valence-corrected chi connectivity index (χ4v) is 1.37. The van der Waals surface area contributed by atoms with E-state index >= 15 is 0 Å². The van der Waals surface area contributed by atoms with Crippen molar-refractivity contribution in [2.24, 2.45) is 0 Å². The molecule has 0 saturated carbocycles. The van der Waals surface area contributed by atoms with Crippen LogP contribution in [0.25, 0.3) is 0 Å². The molecule has 4 nitrogen and oxygen atoms in total. The summed E-state index contributed by atoms with van der Waals surface area (Å²) in [5, 5.41) is 11.7. The van der Waals surface area contributed by atoms with Gasteiger partial charge in [0.25, 0.3) is 0 Å². The maximum Gasteiger partial charge on any atom is 0.333 e. The first-order chi connectivity index (χ1) is 6.27. The lowest BCUT2D eigenvalue weighted by molar-refractivity contribution is -0.132. The van der Waals surface area contributed by atoms with E-state index in [4.69, 9.17) is 5.11 Å². The highest BCUT2D eigenvalue weighted by Gasteiger charge is 2.14. The zero-order valence-electron chi connectivity index (χ0n) is 7.45. The summed E-state index contributed by atoms with van der Waals surface area (Å²) in [5.41, 5.74) is 2.42. The van der Waals surface area contributed by atoms with Gasteiger partial charge in [-0.15, -0.1) is 0 Å². The van der Waals surface area contributed by atoms with Crippen LogP contribution in [0, 0.1) is 0 Å². The third-order valence-corrected chi connectivity index (χ3v) is 2.07. The summed E-state index contributed by atoms with van der Waals surface area (Å²) in [5.74, 6) is -0.859. The topological polar surface area (TPSA) is 80.8 Å². The zero-order valence-corrected chi connectivity index (χ0v) is 7.45. The molecule has 1 heterocycles. The number of para-hydroxylation sites is 1. The number of carboxylic acid groups (broad SMARTS) is 1. The molecular weight excluding hydrogens is 182 g/mol. The van der Waals surface area contributed by atoms with E-state index in [9.17, 15) is 4.79 Å². The van der Waals surface area contributed by atoms with Gasteiger partial charge in [-0.3, -0.25) is 0 Å². The number of hydrogen-bond donors (Lipinski definition) is 2. The minimum absolute atomic E-state index is 0. The van der Waals surface area contributed by atoms with Gasteiger partial charge in [0.1, 0.15) is 0 Å². The second-order valence-corrected chi connectivity index (χ2v) is 2.95. The average Bonchev–Trinajstić information content (AvgIpc) is 2.17. The molecule has 1 aromatic carbocycles. The predicted molar refractivity (Wildman–Crippen MR) is 53.1 cm³/mol. The smallest absolute Gasteiger partial charge is 0.333 e. The second kappa shape index (κ2) is 3.93. The van der Waals surface area contributed by atoms with Crippen LogP contribution in [0.1, 0.15) is 5.56 Å². The summed E-state index contributed by atoms with van der Waals surface area (Å²) in [6, 6.07) is 7.69. The van der Waals surface area contributed by atoms with Crippen molar-refractivity contribution in [2.75, 3.05) is 5.32 Å². The first kappa shape index (κ1) is 10.3. The Balaban J connectivity index is 0.000000980. The summed E-state index contributed by atoms with van der Waals surface area (Å²) in [4.78, 5) is 10.7. The number of nitrogens with one attached hydrogen (secondary N) is 1. The first-order valence-electron chi connectivity index (χ1n) is 4.04. The summed E-state index contributed by atoms with van der Waals surface area (Å²) in [6.45, 7) is 0. The van der Waals surface area contributed by atoms with Crippen LogP contribution in [0.4, 0.5) is 5.69 Å². The largest absolute Gasteiger partial charge is 0.478 e. The quantitative estimate of drug-likeness (QED) is 0.692. The number of anilines is 1. The van der Waals surface area contributed by atoms with Crippen LogP contribution in [0.5, 0.6) is 0 Å². The molecule has 0 fully saturated rings. The van der Waals surface area contributed by atoms with Crippen LogP contribution >= 0.6 is 0 Å². The lowest BCUT2D eigenvalue weighted by Gasteiger charge is -2.15. The summed E-state index contributed by atoms with van der Waals surface area (Å²) in [7, 11) is 0. The van der Waals surface area contributed by atoms with Gasteiger partial charge in [-0.1, -0.05) is 18.2 Å². The van der Waals surface area contributed by atoms with Crippen molar-refractivity contribution in [1.29, 1.82) is 0 Å². The average molecular weight is 193 g/mol. The van der Waals surface area contributed by atoms with E-state index in [1.54, 1.807) is 6.20 Å². The lowest BCUT2D eigenvalue weighted by Crippen LogP contribution is -2.11. The van der Waals surface area contributed by atoms with Crippen LogP contribution in [-0.4, -0.2) is 16.6 Å². The molecule has 0 amide bonds. The monoisotopic (exact) mass is 193 g/mol. The fraction of sp³-hybridized carbons (Fsp3) is 0.100. The summed E-state index contributed by atoms with van der Waals surface area (Å²) in [6.07, 6.45) is 2.04. The highest BCUT2D eigenvalue weighted by molar-refractivity contribution is 5.89. The number of hydrogen-bond acceptors (Lipinski definition) is 2. The Labute approximate surface area is 81.2 Å². The zero-order chi connectivity index (χ0) is 9.26. The molecule has 1 aliphatic rings. The molecule has 0 aliphatic carbocycles. The lowest BCUT2D eigenvalue weighted by atomic mass is 10.0. The first-order valence-corrected chi connectivity index (χ1v) is 4.04. The van der Waals surface area contributed by atoms with Crippen LogP contribution in [0.3, 0.4) is 0 Å². The number of rotatable bonds is 1. The molecule has 4 heteroatoms. The minimum atomic E-state index is -0.859. The van der Waals surface area contributed by atoms with Crippen LogP contribution in [-0.2, 0) is 11.2 Å². The third-order valence-electron chi connectivity index (χ3n) is 2.07. The van der Waals surface area contributed by atoms with E-state index < -0.39 is 5.97 Å². The molecule has 14 heavy (non-hydrogen) atoms. The van der Waals surface area contributed by atoms with Crippen LogP contribution in [0.15, 0.2) is 36.0 Å². The Morgan fingerprint density at radius 1 is 1.36 bits per heavy atom. The molecule has 0 atom stereocenters. The van der Waals surface area contributed by atoms with Gasteiger partial charge in [0.15, 0.2) is 0 Å². The summed E-state index contributed by atoms with van der Waals surface area (Å²) < 4.78 is 0. The van der Waals surface area contributed by atoms with E-state index in [0.29, 0.717) is 12.0 Å². The van der Waals surface area contributed by atoms with Gasteiger partial charge in [0.2, 0.25) is 0 Å². The number of benzene rings is 1. The Morgan fingerprint density at radius 3 is 2.79 bits per heavy atom. The normalized spacial score (nSPS) is 13.0. The van der Waals surface area contributed by atoms with E-state index in [2.05, 4.69) is 5.32 Å². The molecule has 0 aromatic heterocycles. The molecule has 1 aliphatic heterocycles. The maximum atomic E-state index is 10.7. The van der Waals surface area contributed by atoms with E-state index in [1.807, 2.05) is 24.3 Å². The molecule has 1 aromatic rings. The SMILES string of the molecule is O.O=C(O)C1=CNc2ccccc2C1. The second-order valence-electron chi connectivity index (χ2n) is 2.95. The molecule has 0 radical (unpaired) electrons. The molecule has 0 saturated heterocycles.